The molecule has 1 saturated carbocycles. The molecular formula is C20H32O. The molecule has 2 aliphatic carbocycles. The van der Waals surface area contributed by atoms with Crippen LogP contribution < -0.4 is 0 Å². The Morgan fingerprint density at radius 3 is 2.71 bits per heavy atom. The lowest BCUT2D eigenvalue weighted by atomic mass is 9.69. The number of hydrogen-bond donors (Lipinski definition) is 1. The second-order valence-electron chi connectivity index (χ2n) is 7.76. The Morgan fingerprint density at radius 2 is 2.05 bits per heavy atom. The van der Waals surface area contributed by atoms with Crippen LogP contribution >= 0.6 is 0 Å². The van der Waals surface area contributed by atoms with Gasteiger partial charge in [-0.25, -0.2) is 0 Å². The van der Waals surface area contributed by atoms with Crippen LogP contribution in [0.4, 0.5) is 0 Å². The molecule has 1 N–H and O–H groups in total. The van der Waals surface area contributed by atoms with E-state index in [0.29, 0.717) is 11.8 Å². The molecule has 0 unspecified atom stereocenters. The molecule has 2 rings (SSSR count). The maximum Gasteiger partial charge on any atom is 0.0752 e. The van der Waals surface area contributed by atoms with Crippen molar-refractivity contribution in [1.82, 2.24) is 0 Å². The van der Waals surface area contributed by atoms with Gasteiger partial charge in [0.15, 0.2) is 0 Å². The van der Waals surface area contributed by atoms with Gasteiger partial charge in [-0.05, 0) is 81.6 Å². The summed E-state index contributed by atoms with van der Waals surface area (Å²) in [7, 11) is 0. The number of rotatable bonds is 1. The standard InChI is InChI=1S/C20H32O/c1-14(2)17-11-12-20(5)13-19(21)16(4)8-6-7-15(3)9-10-18(17)20/h7,17-19,21H,1,4,6,8-13H2,2-3,5H3/b15-7+/t17-,18-,19-,20+/m0/s1. The van der Waals surface area contributed by atoms with Crippen LogP contribution in [0.2, 0.25) is 0 Å². The van der Waals surface area contributed by atoms with Crippen LogP contribution in [0.1, 0.15) is 65.7 Å². The lowest BCUT2D eigenvalue weighted by molar-refractivity contribution is 0.0918. The Kier molecular flexibility index (Phi) is 5.14. The highest BCUT2D eigenvalue weighted by Crippen LogP contribution is 2.54. The van der Waals surface area contributed by atoms with E-state index in [-0.39, 0.29) is 11.5 Å². The van der Waals surface area contributed by atoms with Crippen LogP contribution in [-0.4, -0.2) is 11.2 Å². The van der Waals surface area contributed by atoms with Crippen molar-refractivity contribution < 1.29 is 5.11 Å². The van der Waals surface area contributed by atoms with E-state index in [9.17, 15) is 5.11 Å². The monoisotopic (exact) mass is 288 g/mol. The summed E-state index contributed by atoms with van der Waals surface area (Å²) in [6, 6.07) is 0. The fraction of sp³-hybridized carbons (Fsp3) is 0.700. The molecule has 0 aromatic carbocycles. The predicted octanol–water partition coefficient (Wildman–Crippen LogP) is 5.42. The molecule has 0 amide bonds. The van der Waals surface area contributed by atoms with E-state index in [1.54, 1.807) is 0 Å². The first-order valence-electron chi connectivity index (χ1n) is 8.50. The Labute approximate surface area is 130 Å². The second kappa shape index (κ2) is 6.52. The predicted molar refractivity (Wildman–Crippen MR) is 91.1 cm³/mol. The lowest BCUT2D eigenvalue weighted by Crippen LogP contribution is -2.31. The van der Waals surface area contributed by atoms with Crippen LogP contribution in [-0.2, 0) is 0 Å². The molecule has 0 aromatic rings. The molecule has 0 bridgehead atoms. The van der Waals surface area contributed by atoms with Crippen LogP contribution in [0.5, 0.6) is 0 Å². The maximum absolute atomic E-state index is 10.6. The summed E-state index contributed by atoms with van der Waals surface area (Å²) in [5.41, 5.74) is 4.07. The van der Waals surface area contributed by atoms with Crippen molar-refractivity contribution in [2.24, 2.45) is 17.3 Å². The second-order valence-corrected chi connectivity index (χ2v) is 7.76. The number of allylic oxidation sites excluding steroid dienone is 3. The van der Waals surface area contributed by atoms with Crippen molar-refractivity contribution in [2.75, 3.05) is 0 Å². The van der Waals surface area contributed by atoms with Gasteiger partial charge in [-0.1, -0.05) is 37.3 Å². The summed E-state index contributed by atoms with van der Waals surface area (Å²) in [5, 5.41) is 10.6. The molecule has 0 radical (unpaired) electrons. The third-order valence-corrected chi connectivity index (χ3v) is 5.98. The highest BCUT2D eigenvalue weighted by molar-refractivity contribution is 5.13. The largest absolute Gasteiger partial charge is 0.389 e. The quantitative estimate of drug-likeness (QED) is 0.638. The molecule has 21 heavy (non-hydrogen) atoms. The average molecular weight is 288 g/mol. The minimum atomic E-state index is -0.340. The van der Waals surface area contributed by atoms with Crippen molar-refractivity contribution in [3.63, 3.8) is 0 Å². The third kappa shape index (κ3) is 3.69. The molecule has 0 heterocycles. The van der Waals surface area contributed by atoms with Crippen molar-refractivity contribution in [1.29, 1.82) is 0 Å². The van der Waals surface area contributed by atoms with Gasteiger partial charge in [0.25, 0.3) is 0 Å². The molecule has 1 heteroatoms. The van der Waals surface area contributed by atoms with Crippen LogP contribution in [0.15, 0.2) is 36.0 Å². The minimum Gasteiger partial charge on any atom is -0.389 e. The van der Waals surface area contributed by atoms with Crippen molar-refractivity contribution in [3.05, 3.63) is 36.0 Å². The molecule has 0 aliphatic heterocycles. The zero-order valence-corrected chi connectivity index (χ0v) is 14.1. The maximum atomic E-state index is 10.6. The Balaban J connectivity index is 2.27. The van der Waals surface area contributed by atoms with Gasteiger partial charge in [-0.15, -0.1) is 0 Å². The van der Waals surface area contributed by atoms with Gasteiger partial charge < -0.3 is 5.11 Å². The van der Waals surface area contributed by atoms with Gasteiger partial charge in [0.2, 0.25) is 0 Å². The van der Waals surface area contributed by atoms with Crippen molar-refractivity contribution in [2.45, 2.75) is 71.8 Å². The van der Waals surface area contributed by atoms with E-state index in [2.05, 4.69) is 40.0 Å². The molecule has 4 atom stereocenters. The van der Waals surface area contributed by atoms with Crippen molar-refractivity contribution >= 4 is 0 Å². The van der Waals surface area contributed by atoms with Gasteiger partial charge in [0, 0.05) is 0 Å². The number of fused-ring (bicyclic) bond motifs is 1. The topological polar surface area (TPSA) is 20.2 Å². The Morgan fingerprint density at radius 1 is 1.33 bits per heavy atom. The average Bonchev–Trinajstić information content (AvgIpc) is 2.71. The summed E-state index contributed by atoms with van der Waals surface area (Å²) in [6.07, 6.45) is 9.68. The zero-order chi connectivity index (χ0) is 15.6. The van der Waals surface area contributed by atoms with Gasteiger partial charge in [0.1, 0.15) is 0 Å². The van der Waals surface area contributed by atoms with Gasteiger partial charge in [0.05, 0.1) is 6.10 Å². The minimum absolute atomic E-state index is 0.233. The normalized spacial score (nSPS) is 40.9. The fourth-order valence-electron chi connectivity index (χ4n) is 4.49. The lowest BCUT2D eigenvalue weighted by Gasteiger charge is -2.36. The fourth-order valence-corrected chi connectivity index (χ4v) is 4.49. The molecule has 1 fully saturated rings. The summed E-state index contributed by atoms with van der Waals surface area (Å²) >= 11 is 0. The highest BCUT2D eigenvalue weighted by atomic mass is 16.3. The van der Waals surface area contributed by atoms with Crippen LogP contribution in [0, 0.1) is 17.3 Å². The first kappa shape index (κ1) is 16.5. The molecule has 2 aliphatic rings. The van der Waals surface area contributed by atoms with Crippen LogP contribution in [0.3, 0.4) is 0 Å². The van der Waals surface area contributed by atoms with E-state index in [0.717, 1.165) is 24.8 Å². The summed E-state index contributed by atoms with van der Waals surface area (Å²) in [5.74, 6) is 1.28. The Hall–Kier alpha value is -0.820. The summed E-state index contributed by atoms with van der Waals surface area (Å²) < 4.78 is 0. The molecule has 0 saturated heterocycles. The number of hydrogen-bond acceptors (Lipinski definition) is 1. The van der Waals surface area contributed by atoms with Crippen LogP contribution in [0.25, 0.3) is 0 Å². The third-order valence-electron chi connectivity index (χ3n) is 5.98. The first-order valence-corrected chi connectivity index (χ1v) is 8.50. The van der Waals surface area contributed by atoms with E-state index in [1.807, 2.05) is 0 Å². The molecule has 118 valence electrons. The van der Waals surface area contributed by atoms with Crippen molar-refractivity contribution in [3.8, 4) is 0 Å². The zero-order valence-electron chi connectivity index (χ0n) is 14.1. The smallest absolute Gasteiger partial charge is 0.0752 e. The molecule has 0 spiro atoms. The SMILES string of the molecule is C=C1CC/C=C(\C)CC[C@H]2[C@H](C(=C)C)CC[C@]2(C)C[C@@H]1O. The van der Waals surface area contributed by atoms with Gasteiger partial charge in [-0.3, -0.25) is 0 Å². The number of aliphatic hydroxyl groups excluding tert-OH is 1. The van der Waals surface area contributed by atoms with E-state index in [4.69, 9.17) is 0 Å². The Bertz CT molecular complexity index is 445. The highest BCUT2D eigenvalue weighted by Gasteiger charge is 2.45. The van der Waals surface area contributed by atoms with Gasteiger partial charge >= 0.3 is 0 Å². The first-order chi connectivity index (χ1) is 9.83. The van der Waals surface area contributed by atoms with Gasteiger partial charge in [-0.2, -0.15) is 0 Å². The van der Waals surface area contributed by atoms with E-state index in [1.165, 1.54) is 36.8 Å². The number of aliphatic hydroxyl groups is 1. The molecule has 1 nitrogen and oxygen atoms in total. The summed E-state index contributed by atoms with van der Waals surface area (Å²) in [4.78, 5) is 0. The van der Waals surface area contributed by atoms with E-state index >= 15 is 0 Å². The summed E-state index contributed by atoms with van der Waals surface area (Å²) in [6.45, 7) is 15.2. The van der Waals surface area contributed by atoms with E-state index < -0.39 is 0 Å². The molecular weight excluding hydrogens is 256 g/mol. The molecule has 0 aromatic heterocycles.